The maximum Gasteiger partial charge on any atom is 0.341 e. The first-order valence-corrected chi connectivity index (χ1v) is 10.9. The number of anilines is 1. The van der Waals surface area contributed by atoms with Crippen LogP contribution in [0.5, 0.6) is 0 Å². The van der Waals surface area contributed by atoms with Gasteiger partial charge in [-0.15, -0.1) is 23.1 Å². The topological polar surface area (TPSA) is 81.7 Å². The fourth-order valence-electron chi connectivity index (χ4n) is 2.70. The lowest BCUT2D eigenvalue weighted by atomic mass is 10.1. The zero-order chi connectivity index (χ0) is 20.7. The molecule has 1 heterocycles. The molecule has 0 bridgehead atoms. The van der Waals surface area contributed by atoms with Crippen LogP contribution in [0.4, 0.5) is 5.00 Å². The first kappa shape index (κ1) is 22.0. The summed E-state index contributed by atoms with van der Waals surface area (Å²) in [7, 11) is 0. The minimum absolute atomic E-state index is 0.247. The van der Waals surface area contributed by atoms with Crippen LogP contribution in [0.3, 0.4) is 0 Å². The number of hydrogen-bond acceptors (Lipinski definition) is 7. The summed E-state index contributed by atoms with van der Waals surface area (Å²) in [6.45, 7) is 5.36. The maximum atomic E-state index is 12.3. The number of carbonyl (C=O) groups is 3. The van der Waals surface area contributed by atoms with E-state index in [9.17, 15) is 14.4 Å². The standard InChI is InChI=1S/C20H23NO5S2/c1-5-13-12(3)28-18(17(13)20(24)25-6-2)21-16(22)11-26-19(23)14-9-7-8-10-15(14)27-4/h7-10H,5-6,11H2,1-4H3,(H,21,22). The lowest BCUT2D eigenvalue weighted by Crippen LogP contribution is -2.22. The molecule has 0 atom stereocenters. The number of carbonyl (C=O) groups excluding carboxylic acids is 3. The second kappa shape index (κ2) is 10.3. The van der Waals surface area contributed by atoms with Crippen LogP contribution in [0.25, 0.3) is 0 Å². The number of thioether (sulfide) groups is 1. The predicted molar refractivity (Wildman–Crippen MR) is 112 cm³/mol. The van der Waals surface area contributed by atoms with Gasteiger partial charge in [-0.3, -0.25) is 4.79 Å². The summed E-state index contributed by atoms with van der Waals surface area (Å²) in [6.07, 6.45) is 2.51. The van der Waals surface area contributed by atoms with Gasteiger partial charge in [-0.05, 0) is 44.2 Å². The maximum absolute atomic E-state index is 12.3. The molecule has 0 saturated carbocycles. The van der Waals surface area contributed by atoms with Gasteiger partial charge in [0.15, 0.2) is 6.61 Å². The number of ether oxygens (including phenoxy) is 2. The molecule has 2 aromatic rings. The number of nitrogens with one attached hydrogen (secondary N) is 1. The van der Waals surface area contributed by atoms with Crippen molar-refractivity contribution < 1.29 is 23.9 Å². The third-order valence-corrected chi connectivity index (χ3v) is 5.81. The van der Waals surface area contributed by atoms with E-state index in [1.807, 2.05) is 32.2 Å². The number of thiophene rings is 1. The molecule has 2 rings (SSSR count). The molecular formula is C20H23NO5S2. The van der Waals surface area contributed by atoms with Gasteiger partial charge in [-0.25, -0.2) is 9.59 Å². The summed E-state index contributed by atoms with van der Waals surface area (Å²) in [6, 6.07) is 7.04. The molecule has 0 fully saturated rings. The molecule has 0 saturated heterocycles. The smallest absolute Gasteiger partial charge is 0.341 e. The van der Waals surface area contributed by atoms with Gasteiger partial charge >= 0.3 is 11.9 Å². The minimum atomic E-state index is -0.567. The molecule has 0 aliphatic carbocycles. The van der Waals surface area contributed by atoms with Gasteiger partial charge in [0, 0.05) is 9.77 Å². The van der Waals surface area contributed by atoms with Crippen LogP contribution in [0.2, 0.25) is 0 Å². The van der Waals surface area contributed by atoms with Crippen molar-refractivity contribution in [3.05, 3.63) is 45.8 Å². The lowest BCUT2D eigenvalue weighted by Gasteiger charge is -2.09. The Balaban J connectivity index is 2.09. The average Bonchev–Trinajstić information content (AvgIpc) is 3.00. The average molecular weight is 422 g/mol. The van der Waals surface area contributed by atoms with Crippen LogP contribution in [-0.4, -0.2) is 37.3 Å². The van der Waals surface area contributed by atoms with E-state index in [1.54, 1.807) is 19.1 Å². The molecule has 0 unspecified atom stereocenters. The highest BCUT2D eigenvalue weighted by Gasteiger charge is 2.24. The Hall–Kier alpha value is -2.32. The fourth-order valence-corrected chi connectivity index (χ4v) is 4.43. The third-order valence-electron chi connectivity index (χ3n) is 3.96. The van der Waals surface area contributed by atoms with Crippen LogP contribution in [0.15, 0.2) is 29.2 Å². The molecule has 1 amide bonds. The van der Waals surface area contributed by atoms with Crippen molar-refractivity contribution in [2.75, 3.05) is 24.8 Å². The quantitative estimate of drug-likeness (QED) is 0.505. The van der Waals surface area contributed by atoms with E-state index in [2.05, 4.69) is 5.32 Å². The largest absolute Gasteiger partial charge is 0.462 e. The highest BCUT2D eigenvalue weighted by molar-refractivity contribution is 7.98. The van der Waals surface area contributed by atoms with Gasteiger partial charge in [0.25, 0.3) is 5.91 Å². The van der Waals surface area contributed by atoms with Gasteiger partial charge in [-0.2, -0.15) is 0 Å². The second-order valence-corrected chi connectivity index (χ2v) is 7.81. The van der Waals surface area contributed by atoms with Crippen LogP contribution in [0, 0.1) is 6.92 Å². The molecule has 1 aromatic carbocycles. The Morgan fingerprint density at radius 1 is 1.11 bits per heavy atom. The molecule has 0 aliphatic rings. The summed E-state index contributed by atoms with van der Waals surface area (Å²) in [5.41, 5.74) is 1.64. The van der Waals surface area contributed by atoms with E-state index >= 15 is 0 Å². The molecule has 0 radical (unpaired) electrons. The number of hydrogen-bond donors (Lipinski definition) is 1. The monoisotopic (exact) mass is 421 g/mol. The summed E-state index contributed by atoms with van der Waals surface area (Å²) >= 11 is 2.73. The second-order valence-electron chi connectivity index (χ2n) is 5.74. The molecule has 1 N–H and O–H groups in total. The Bertz CT molecular complexity index is 875. The third kappa shape index (κ3) is 5.14. The van der Waals surface area contributed by atoms with Crippen molar-refractivity contribution in [3.8, 4) is 0 Å². The number of aryl methyl sites for hydroxylation is 1. The van der Waals surface area contributed by atoms with Gasteiger partial charge < -0.3 is 14.8 Å². The molecule has 150 valence electrons. The fraction of sp³-hybridized carbons (Fsp3) is 0.350. The van der Waals surface area contributed by atoms with E-state index in [1.165, 1.54) is 23.1 Å². The molecule has 1 aromatic heterocycles. The molecular weight excluding hydrogens is 398 g/mol. The summed E-state index contributed by atoms with van der Waals surface area (Å²) in [5, 5.41) is 3.09. The number of rotatable bonds is 8. The van der Waals surface area contributed by atoms with E-state index in [-0.39, 0.29) is 6.61 Å². The van der Waals surface area contributed by atoms with Gasteiger partial charge in [0.05, 0.1) is 17.7 Å². The van der Waals surface area contributed by atoms with Crippen molar-refractivity contribution in [3.63, 3.8) is 0 Å². The van der Waals surface area contributed by atoms with Crippen LogP contribution >= 0.6 is 23.1 Å². The first-order valence-electron chi connectivity index (χ1n) is 8.82. The highest BCUT2D eigenvalue weighted by Crippen LogP contribution is 2.34. The highest BCUT2D eigenvalue weighted by atomic mass is 32.2. The van der Waals surface area contributed by atoms with Crippen LogP contribution in [-0.2, 0) is 20.7 Å². The van der Waals surface area contributed by atoms with E-state index in [0.29, 0.717) is 22.5 Å². The molecule has 0 aliphatic heterocycles. The van der Waals surface area contributed by atoms with E-state index in [4.69, 9.17) is 9.47 Å². The first-order chi connectivity index (χ1) is 13.4. The predicted octanol–water partition coefficient (Wildman–Crippen LogP) is 4.31. The number of benzene rings is 1. The van der Waals surface area contributed by atoms with Crippen LogP contribution in [0.1, 0.15) is 45.0 Å². The van der Waals surface area contributed by atoms with Gasteiger partial charge in [0.2, 0.25) is 0 Å². The molecule has 8 heteroatoms. The Labute approximate surface area is 172 Å². The summed E-state index contributed by atoms with van der Waals surface area (Å²) in [5.74, 6) is -1.54. The Morgan fingerprint density at radius 3 is 2.46 bits per heavy atom. The summed E-state index contributed by atoms with van der Waals surface area (Å²) < 4.78 is 10.3. The van der Waals surface area contributed by atoms with Gasteiger partial charge in [0.1, 0.15) is 5.00 Å². The SMILES string of the molecule is CCOC(=O)c1c(NC(=O)COC(=O)c2ccccc2SC)sc(C)c1CC. The Morgan fingerprint density at radius 2 is 1.82 bits per heavy atom. The lowest BCUT2D eigenvalue weighted by molar-refractivity contribution is -0.119. The van der Waals surface area contributed by atoms with Gasteiger partial charge in [-0.1, -0.05) is 19.1 Å². The zero-order valence-corrected chi connectivity index (χ0v) is 17.9. The Kier molecular flexibility index (Phi) is 8.07. The molecule has 6 nitrogen and oxygen atoms in total. The van der Waals surface area contributed by atoms with E-state index in [0.717, 1.165) is 15.3 Å². The van der Waals surface area contributed by atoms with Crippen LogP contribution < -0.4 is 5.32 Å². The van der Waals surface area contributed by atoms with Crippen molar-refractivity contribution in [1.82, 2.24) is 0 Å². The van der Waals surface area contributed by atoms with Crippen molar-refractivity contribution >= 4 is 45.9 Å². The normalized spacial score (nSPS) is 10.4. The molecule has 0 spiro atoms. The van der Waals surface area contributed by atoms with Crippen molar-refractivity contribution in [1.29, 1.82) is 0 Å². The number of amides is 1. The van der Waals surface area contributed by atoms with Crippen molar-refractivity contribution in [2.24, 2.45) is 0 Å². The summed E-state index contributed by atoms with van der Waals surface area (Å²) in [4.78, 5) is 38.6. The minimum Gasteiger partial charge on any atom is -0.462 e. The molecule has 28 heavy (non-hydrogen) atoms. The zero-order valence-electron chi connectivity index (χ0n) is 16.3. The van der Waals surface area contributed by atoms with Crippen molar-refractivity contribution in [2.45, 2.75) is 32.1 Å². The van der Waals surface area contributed by atoms with E-state index < -0.39 is 24.5 Å². The number of esters is 2.